The van der Waals surface area contributed by atoms with Crippen molar-refractivity contribution in [3.8, 4) is 22.7 Å². The summed E-state index contributed by atoms with van der Waals surface area (Å²) in [5.41, 5.74) is 2.35. The third kappa shape index (κ3) is 4.82. The number of methoxy groups -OCH3 is 1. The molecule has 2 N–H and O–H groups in total. The number of nitrogens with one attached hydrogen (secondary N) is 2. The number of ether oxygens (including phenoxy) is 1. The third-order valence-corrected chi connectivity index (χ3v) is 4.20. The smallest absolute Gasteiger partial charge is 0.255 e. The summed E-state index contributed by atoms with van der Waals surface area (Å²) >= 11 is 0. The lowest BCUT2D eigenvalue weighted by Gasteiger charge is -2.10. The average Bonchev–Trinajstić information content (AvgIpc) is 3.17. The van der Waals surface area contributed by atoms with E-state index in [1.165, 1.54) is 0 Å². The van der Waals surface area contributed by atoms with Gasteiger partial charge in [-0.05, 0) is 38.1 Å². The Kier molecular flexibility index (Phi) is 6.29. The molecule has 2 aromatic carbocycles. The monoisotopic (exact) mass is 392 g/mol. The number of hydrogen-bond donors (Lipinski definition) is 2. The average molecular weight is 392 g/mol. The van der Waals surface area contributed by atoms with Crippen LogP contribution in [0.3, 0.4) is 0 Å². The molecule has 0 bridgehead atoms. The minimum atomic E-state index is -0.382. The second-order valence-electron chi connectivity index (χ2n) is 6.78. The number of para-hydroxylation sites is 2. The highest BCUT2D eigenvalue weighted by Gasteiger charge is 2.21. The van der Waals surface area contributed by atoms with Crippen LogP contribution in [0.4, 0.5) is 0 Å². The molecule has 7 heteroatoms. The van der Waals surface area contributed by atoms with Crippen molar-refractivity contribution in [3.05, 3.63) is 66.4 Å². The summed E-state index contributed by atoms with van der Waals surface area (Å²) in [6.07, 6.45) is 1.66. The fourth-order valence-corrected chi connectivity index (χ4v) is 2.92. The molecule has 0 saturated carbocycles. The van der Waals surface area contributed by atoms with Crippen LogP contribution >= 0.6 is 0 Å². The molecular weight excluding hydrogens is 368 g/mol. The van der Waals surface area contributed by atoms with E-state index in [-0.39, 0.29) is 24.4 Å². The van der Waals surface area contributed by atoms with Crippen molar-refractivity contribution in [2.45, 2.75) is 19.9 Å². The molecule has 0 saturated heterocycles. The quantitative estimate of drug-likeness (QED) is 0.647. The summed E-state index contributed by atoms with van der Waals surface area (Å²) in [7, 11) is 1.57. The highest BCUT2D eigenvalue weighted by Crippen LogP contribution is 2.31. The van der Waals surface area contributed by atoms with Crippen LogP contribution in [-0.4, -0.2) is 41.3 Å². The standard InChI is InChI=1S/C22H24N4O3/c1-15(2)24-20(27)13-23-22(28)18-14-26(16-9-5-4-6-10-16)25-21(18)17-11-7-8-12-19(17)29-3/h4-12,14-15H,13H2,1-3H3,(H,23,28)(H,24,27). The van der Waals surface area contributed by atoms with Gasteiger partial charge in [0.15, 0.2) is 0 Å². The molecule has 1 heterocycles. The van der Waals surface area contributed by atoms with Crippen LogP contribution in [0.25, 0.3) is 16.9 Å². The summed E-state index contributed by atoms with van der Waals surface area (Å²) < 4.78 is 7.09. The number of carbonyl (C=O) groups is 2. The number of carbonyl (C=O) groups excluding carboxylic acids is 2. The van der Waals surface area contributed by atoms with Crippen LogP contribution in [0.1, 0.15) is 24.2 Å². The third-order valence-electron chi connectivity index (χ3n) is 4.20. The molecular formula is C22H24N4O3. The van der Waals surface area contributed by atoms with E-state index >= 15 is 0 Å². The molecule has 0 spiro atoms. The number of amides is 2. The second-order valence-corrected chi connectivity index (χ2v) is 6.78. The zero-order valence-electron chi connectivity index (χ0n) is 16.7. The highest BCUT2D eigenvalue weighted by molar-refractivity contribution is 6.01. The van der Waals surface area contributed by atoms with E-state index in [1.54, 1.807) is 18.0 Å². The lowest BCUT2D eigenvalue weighted by Crippen LogP contribution is -2.39. The first kappa shape index (κ1) is 20.1. The SMILES string of the molecule is COc1ccccc1-c1nn(-c2ccccc2)cc1C(=O)NCC(=O)NC(C)C. The van der Waals surface area contributed by atoms with Crippen molar-refractivity contribution in [2.24, 2.45) is 0 Å². The molecule has 0 fully saturated rings. The zero-order chi connectivity index (χ0) is 20.8. The van der Waals surface area contributed by atoms with Crippen molar-refractivity contribution in [2.75, 3.05) is 13.7 Å². The van der Waals surface area contributed by atoms with Crippen LogP contribution in [-0.2, 0) is 4.79 Å². The van der Waals surface area contributed by atoms with E-state index in [2.05, 4.69) is 15.7 Å². The largest absolute Gasteiger partial charge is 0.496 e. The Bertz CT molecular complexity index is 996. The molecule has 7 nitrogen and oxygen atoms in total. The van der Waals surface area contributed by atoms with Crippen LogP contribution < -0.4 is 15.4 Å². The maximum Gasteiger partial charge on any atom is 0.255 e. The Hall–Kier alpha value is -3.61. The van der Waals surface area contributed by atoms with Crippen molar-refractivity contribution >= 4 is 11.8 Å². The van der Waals surface area contributed by atoms with E-state index in [0.717, 1.165) is 5.69 Å². The Morgan fingerprint density at radius 2 is 1.76 bits per heavy atom. The summed E-state index contributed by atoms with van der Waals surface area (Å²) in [6.45, 7) is 3.62. The van der Waals surface area contributed by atoms with E-state index in [4.69, 9.17) is 4.74 Å². The normalized spacial score (nSPS) is 10.6. The van der Waals surface area contributed by atoms with Crippen molar-refractivity contribution < 1.29 is 14.3 Å². The number of aromatic nitrogens is 2. The molecule has 29 heavy (non-hydrogen) atoms. The molecule has 0 atom stereocenters. The van der Waals surface area contributed by atoms with Gasteiger partial charge in [0.1, 0.15) is 11.4 Å². The Balaban J connectivity index is 1.97. The van der Waals surface area contributed by atoms with E-state index in [9.17, 15) is 9.59 Å². The van der Waals surface area contributed by atoms with Gasteiger partial charge in [0, 0.05) is 17.8 Å². The summed E-state index contributed by atoms with van der Waals surface area (Å²) in [5, 5.41) is 10.1. The van der Waals surface area contributed by atoms with E-state index in [0.29, 0.717) is 22.6 Å². The van der Waals surface area contributed by atoms with Gasteiger partial charge in [-0.25, -0.2) is 4.68 Å². The van der Waals surface area contributed by atoms with Crippen molar-refractivity contribution in [1.82, 2.24) is 20.4 Å². The summed E-state index contributed by atoms with van der Waals surface area (Å²) in [6, 6.07) is 16.9. The first-order valence-corrected chi connectivity index (χ1v) is 9.35. The number of nitrogens with zero attached hydrogens (tertiary/aromatic N) is 2. The van der Waals surface area contributed by atoms with Gasteiger partial charge in [-0.3, -0.25) is 9.59 Å². The zero-order valence-corrected chi connectivity index (χ0v) is 16.7. The first-order chi connectivity index (χ1) is 14.0. The van der Waals surface area contributed by atoms with Crippen molar-refractivity contribution in [3.63, 3.8) is 0 Å². The molecule has 3 rings (SSSR count). The minimum absolute atomic E-state index is 0.00405. The lowest BCUT2D eigenvalue weighted by atomic mass is 10.1. The van der Waals surface area contributed by atoms with Gasteiger partial charge in [0.25, 0.3) is 5.91 Å². The van der Waals surface area contributed by atoms with Gasteiger partial charge in [0.05, 0.1) is 24.9 Å². The molecule has 150 valence electrons. The second kappa shape index (κ2) is 9.05. The molecule has 3 aromatic rings. The van der Waals surface area contributed by atoms with Gasteiger partial charge in [-0.15, -0.1) is 0 Å². The van der Waals surface area contributed by atoms with Gasteiger partial charge < -0.3 is 15.4 Å². The fraction of sp³-hybridized carbons (Fsp3) is 0.227. The predicted octanol–water partition coefficient (Wildman–Crippen LogP) is 2.80. The Morgan fingerprint density at radius 1 is 1.07 bits per heavy atom. The maximum atomic E-state index is 12.9. The topological polar surface area (TPSA) is 85.2 Å². The van der Waals surface area contributed by atoms with E-state index in [1.807, 2.05) is 68.4 Å². The minimum Gasteiger partial charge on any atom is -0.496 e. The van der Waals surface area contributed by atoms with Gasteiger partial charge >= 0.3 is 0 Å². The van der Waals surface area contributed by atoms with Crippen LogP contribution in [0.5, 0.6) is 5.75 Å². The van der Waals surface area contributed by atoms with Crippen LogP contribution in [0, 0.1) is 0 Å². The molecule has 0 unspecified atom stereocenters. The number of benzene rings is 2. The van der Waals surface area contributed by atoms with Crippen LogP contribution in [0.15, 0.2) is 60.8 Å². The Labute approximate surface area is 169 Å². The summed E-state index contributed by atoms with van der Waals surface area (Å²) in [4.78, 5) is 24.8. The molecule has 0 aliphatic carbocycles. The van der Waals surface area contributed by atoms with Crippen LogP contribution in [0.2, 0.25) is 0 Å². The first-order valence-electron chi connectivity index (χ1n) is 9.35. The fourth-order valence-electron chi connectivity index (χ4n) is 2.92. The van der Waals surface area contributed by atoms with E-state index < -0.39 is 0 Å². The molecule has 0 radical (unpaired) electrons. The van der Waals surface area contributed by atoms with Gasteiger partial charge in [-0.1, -0.05) is 30.3 Å². The van der Waals surface area contributed by atoms with Gasteiger partial charge in [-0.2, -0.15) is 5.10 Å². The lowest BCUT2D eigenvalue weighted by molar-refractivity contribution is -0.120. The predicted molar refractivity (Wildman–Crippen MR) is 111 cm³/mol. The number of rotatable bonds is 7. The Morgan fingerprint density at radius 3 is 2.45 bits per heavy atom. The van der Waals surface area contributed by atoms with Gasteiger partial charge in [0.2, 0.25) is 5.91 Å². The molecule has 2 amide bonds. The van der Waals surface area contributed by atoms with Crippen molar-refractivity contribution in [1.29, 1.82) is 0 Å². The summed E-state index contributed by atoms with van der Waals surface area (Å²) in [5.74, 6) is -0.0213. The molecule has 0 aliphatic heterocycles. The molecule has 1 aromatic heterocycles. The number of hydrogen-bond acceptors (Lipinski definition) is 4. The highest BCUT2D eigenvalue weighted by atomic mass is 16.5. The molecule has 0 aliphatic rings. The maximum absolute atomic E-state index is 12.9.